The van der Waals surface area contributed by atoms with Gasteiger partial charge in [-0.2, -0.15) is 0 Å². The van der Waals surface area contributed by atoms with Crippen molar-refractivity contribution in [1.82, 2.24) is 0 Å². The minimum Gasteiger partial charge on any atom is -0.394 e. The third-order valence-electron chi connectivity index (χ3n) is 2.30. The summed E-state index contributed by atoms with van der Waals surface area (Å²) < 4.78 is 0. The molecule has 1 aromatic carbocycles. The number of rotatable bonds is 5. The molecular weight excluding hydrogens is 232 g/mol. The number of halogens is 1. The Morgan fingerprint density at radius 2 is 1.75 bits per heavy atom. The lowest BCUT2D eigenvalue weighted by molar-refractivity contribution is -0.0947. The van der Waals surface area contributed by atoms with Crippen LogP contribution < -0.4 is 0 Å². The Balaban J connectivity index is 2.71. The van der Waals surface area contributed by atoms with Crippen molar-refractivity contribution in [3.63, 3.8) is 0 Å². The summed E-state index contributed by atoms with van der Waals surface area (Å²) in [5, 5.41) is 35.2. The maximum absolute atomic E-state index is 9.78. The van der Waals surface area contributed by atoms with Crippen LogP contribution in [0, 0.1) is 0 Å². The quantitative estimate of drug-likeness (QED) is 0.546. The molecule has 0 aromatic heterocycles. The van der Waals surface area contributed by atoms with Crippen molar-refractivity contribution in [2.45, 2.75) is 23.7 Å². The summed E-state index contributed by atoms with van der Waals surface area (Å²) in [6.45, 7) is -0.662. The molecule has 0 aliphatic heterocycles. The molecule has 90 valence electrons. The predicted octanol–water partition coefficient (Wildman–Crippen LogP) is -0.129. The van der Waals surface area contributed by atoms with Crippen molar-refractivity contribution in [3.8, 4) is 0 Å². The number of hydrogen-bond acceptors (Lipinski definition) is 4. The van der Waals surface area contributed by atoms with E-state index in [1.165, 1.54) is 0 Å². The molecule has 0 aliphatic carbocycles. The highest BCUT2D eigenvalue weighted by Crippen LogP contribution is 2.24. The van der Waals surface area contributed by atoms with E-state index in [4.69, 9.17) is 16.7 Å². The summed E-state index contributed by atoms with van der Waals surface area (Å²) in [7, 11) is 0. The van der Waals surface area contributed by atoms with E-state index in [2.05, 4.69) is 0 Å². The van der Waals surface area contributed by atoms with Crippen LogP contribution in [0.4, 0.5) is 0 Å². The van der Waals surface area contributed by atoms with Gasteiger partial charge in [0.2, 0.25) is 0 Å². The molecule has 0 amide bonds. The van der Waals surface area contributed by atoms with Gasteiger partial charge in [-0.15, -0.1) is 0 Å². The van der Waals surface area contributed by atoms with Crippen LogP contribution in [0.5, 0.6) is 0 Å². The highest BCUT2D eigenvalue weighted by atomic mass is 35.5. The van der Waals surface area contributed by atoms with E-state index >= 15 is 0 Å². The van der Waals surface area contributed by atoms with Crippen molar-refractivity contribution >= 4 is 11.6 Å². The molecule has 0 aliphatic rings. The Bertz CT molecular complexity index is 315. The fraction of sp³-hybridized carbons (Fsp3) is 0.455. The lowest BCUT2D eigenvalue weighted by atomic mass is 10.00. The fourth-order valence-corrected chi connectivity index (χ4v) is 1.68. The number of hydrogen-bond donors (Lipinski definition) is 4. The van der Waals surface area contributed by atoms with Crippen LogP contribution in [0.2, 0.25) is 0 Å². The first kappa shape index (κ1) is 13.4. The Morgan fingerprint density at radius 1 is 1.19 bits per heavy atom. The zero-order chi connectivity index (χ0) is 12.2. The Labute approximate surface area is 98.7 Å². The van der Waals surface area contributed by atoms with Gasteiger partial charge < -0.3 is 20.4 Å². The molecule has 4 nitrogen and oxygen atoms in total. The number of alkyl halides is 1. The summed E-state index contributed by atoms with van der Waals surface area (Å²) in [5.74, 6) is 0. The van der Waals surface area contributed by atoms with Crippen molar-refractivity contribution in [2.75, 3.05) is 6.61 Å². The van der Waals surface area contributed by atoms with E-state index in [0.717, 1.165) is 5.56 Å². The summed E-state index contributed by atoms with van der Waals surface area (Å²) >= 11 is 5.73. The molecule has 5 heteroatoms. The third-order valence-corrected chi connectivity index (χ3v) is 2.66. The van der Waals surface area contributed by atoms with Gasteiger partial charge in [-0.3, -0.25) is 0 Å². The van der Waals surface area contributed by atoms with Crippen LogP contribution in [0.1, 0.15) is 5.56 Å². The molecule has 16 heavy (non-hydrogen) atoms. The van der Waals surface area contributed by atoms with Crippen LogP contribution >= 0.6 is 11.6 Å². The van der Waals surface area contributed by atoms with Crippen molar-refractivity contribution < 1.29 is 20.4 Å². The lowest BCUT2D eigenvalue weighted by Gasteiger charge is -2.29. The standard InChI is InChI=1S/C11H15ClO4/c12-11(16,10(15)9(14)7-13)6-8-4-2-1-3-5-8/h1-5,9-10,13-16H,6-7H2. The molecule has 0 radical (unpaired) electrons. The van der Waals surface area contributed by atoms with Crippen molar-refractivity contribution in [1.29, 1.82) is 0 Å². The van der Waals surface area contributed by atoms with Gasteiger partial charge in [-0.1, -0.05) is 41.9 Å². The molecule has 3 atom stereocenters. The van der Waals surface area contributed by atoms with E-state index in [9.17, 15) is 15.3 Å². The van der Waals surface area contributed by atoms with Gasteiger partial charge in [-0.25, -0.2) is 0 Å². The van der Waals surface area contributed by atoms with Gasteiger partial charge in [0.05, 0.1) is 6.61 Å². The highest BCUT2D eigenvalue weighted by molar-refractivity contribution is 6.23. The highest BCUT2D eigenvalue weighted by Gasteiger charge is 2.37. The topological polar surface area (TPSA) is 80.9 Å². The number of benzene rings is 1. The maximum atomic E-state index is 9.78. The minimum absolute atomic E-state index is 0.0202. The van der Waals surface area contributed by atoms with Crippen molar-refractivity contribution in [2.24, 2.45) is 0 Å². The molecule has 0 heterocycles. The van der Waals surface area contributed by atoms with E-state index in [0.29, 0.717) is 0 Å². The van der Waals surface area contributed by atoms with Gasteiger partial charge in [0.15, 0.2) is 5.06 Å². The lowest BCUT2D eigenvalue weighted by Crippen LogP contribution is -2.47. The van der Waals surface area contributed by atoms with Crippen LogP contribution in [0.3, 0.4) is 0 Å². The third kappa shape index (κ3) is 3.43. The van der Waals surface area contributed by atoms with Crippen LogP contribution in [0.25, 0.3) is 0 Å². The van der Waals surface area contributed by atoms with E-state index in [-0.39, 0.29) is 6.42 Å². The largest absolute Gasteiger partial charge is 0.394 e. The first-order valence-corrected chi connectivity index (χ1v) is 5.27. The van der Waals surface area contributed by atoms with Crippen molar-refractivity contribution in [3.05, 3.63) is 35.9 Å². The fourth-order valence-electron chi connectivity index (χ4n) is 1.38. The molecule has 1 aromatic rings. The molecule has 4 N–H and O–H groups in total. The zero-order valence-electron chi connectivity index (χ0n) is 8.62. The molecule has 0 saturated heterocycles. The van der Waals surface area contributed by atoms with Gasteiger partial charge in [0.25, 0.3) is 0 Å². The SMILES string of the molecule is OCC(O)C(O)C(O)(Cl)Cc1ccccc1. The molecule has 0 spiro atoms. The Morgan fingerprint density at radius 3 is 2.25 bits per heavy atom. The van der Waals surface area contributed by atoms with E-state index in [1.807, 2.05) is 6.07 Å². The van der Waals surface area contributed by atoms with E-state index < -0.39 is 23.9 Å². The van der Waals surface area contributed by atoms with Gasteiger partial charge in [0.1, 0.15) is 12.2 Å². The smallest absolute Gasteiger partial charge is 0.171 e. The average molecular weight is 247 g/mol. The summed E-state index contributed by atoms with van der Waals surface area (Å²) in [6.07, 6.45) is -3.10. The number of aliphatic hydroxyl groups excluding tert-OH is 3. The average Bonchev–Trinajstić information content (AvgIpc) is 2.27. The predicted molar refractivity (Wildman–Crippen MR) is 60.0 cm³/mol. The zero-order valence-corrected chi connectivity index (χ0v) is 9.38. The van der Waals surface area contributed by atoms with Crippen LogP contribution in [0.15, 0.2) is 30.3 Å². The Kier molecular flexibility index (Phi) is 4.70. The van der Waals surface area contributed by atoms with Gasteiger partial charge >= 0.3 is 0 Å². The monoisotopic (exact) mass is 246 g/mol. The van der Waals surface area contributed by atoms with Gasteiger partial charge in [-0.05, 0) is 5.56 Å². The molecule has 1 rings (SSSR count). The maximum Gasteiger partial charge on any atom is 0.171 e. The second-order valence-corrected chi connectivity index (χ2v) is 4.33. The second-order valence-electron chi connectivity index (χ2n) is 3.68. The normalized spacial score (nSPS) is 18.8. The summed E-state index contributed by atoms with van der Waals surface area (Å²) in [4.78, 5) is 0. The van der Waals surface area contributed by atoms with E-state index in [1.54, 1.807) is 24.3 Å². The molecular formula is C11H15ClO4. The second kappa shape index (κ2) is 5.61. The molecule has 0 saturated carbocycles. The van der Waals surface area contributed by atoms with Crippen LogP contribution in [-0.4, -0.2) is 44.3 Å². The molecule has 0 bridgehead atoms. The summed E-state index contributed by atoms with van der Waals surface area (Å²) in [6, 6.07) is 8.85. The molecule has 3 unspecified atom stereocenters. The number of aliphatic hydroxyl groups is 4. The molecule has 0 fully saturated rings. The van der Waals surface area contributed by atoms with Crippen LogP contribution in [-0.2, 0) is 6.42 Å². The van der Waals surface area contributed by atoms with Gasteiger partial charge in [0, 0.05) is 6.42 Å². The Hall–Kier alpha value is -0.650. The summed E-state index contributed by atoms with van der Waals surface area (Å²) in [5.41, 5.74) is 0.726. The first-order valence-electron chi connectivity index (χ1n) is 4.89. The first-order chi connectivity index (χ1) is 7.47. The minimum atomic E-state index is -2.00.